The number of hydrogen-bond donors (Lipinski definition) is 0. The van der Waals surface area contributed by atoms with Crippen molar-refractivity contribution in [3.63, 3.8) is 0 Å². The molecule has 1 unspecified atom stereocenters. The van der Waals surface area contributed by atoms with E-state index < -0.39 is 5.82 Å². The van der Waals surface area contributed by atoms with E-state index in [1.807, 2.05) is 13.8 Å². The van der Waals surface area contributed by atoms with Gasteiger partial charge in [-0.05, 0) is 24.9 Å². The number of anilines is 1. The first-order chi connectivity index (χ1) is 6.56. The zero-order valence-corrected chi connectivity index (χ0v) is 9.22. The third kappa shape index (κ3) is 2.32. The fraction of sp³-hybridized carbons (Fsp3) is 0.556. The molecule has 0 spiro atoms. The van der Waals surface area contributed by atoms with Gasteiger partial charge in [0, 0.05) is 13.1 Å². The number of halogens is 2. The predicted octanol–water partition coefficient (Wildman–Crippen LogP) is 2.50. The van der Waals surface area contributed by atoms with Crippen molar-refractivity contribution in [3.05, 3.63) is 17.3 Å². The summed E-state index contributed by atoms with van der Waals surface area (Å²) in [6.07, 6.45) is 2.00. The van der Waals surface area contributed by atoms with E-state index >= 15 is 0 Å². The van der Waals surface area contributed by atoms with Crippen LogP contribution < -0.4 is 4.90 Å². The van der Waals surface area contributed by atoms with Crippen LogP contribution in [-0.4, -0.2) is 23.1 Å². The van der Waals surface area contributed by atoms with Gasteiger partial charge in [0.15, 0.2) is 11.6 Å². The lowest BCUT2D eigenvalue weighted by Gasteiger charge is -2.24. The molecule has 0 N–H and O–H groups in total. The van der Waals surface area contributed by atoms with Crippen LogP contribution in [0.1, 0.15) is 20.3 Å². The summed E-state index contributed by atoms with van der Waals surface area (Å²) in [5, 5.41) is 0.0663. The van der Waals surface area contributed by atoms with Crippen LogP contribution in [0.25, 0.3) is 0 Å². The zero-order chi connectivity index (χ0) is 10.7. The molecule has 1 atom stereocenters. The number of nitrogens with zero attached hydrogens (tertiary/aromatic N) is 3. The average Bonchev–Trinajstić information content (AvgIpc) is 2.19. The van der Waals surface area contributed by atoms with Crippen LogP contribution in [-0.2, 0) is 0 Å². The summed E-state index contributed by atoms with van der Waals surface area (Å²) < 4.78 is 13.3. The molecule has 78 valence electrons. The largest absolute Gasteiger partial charge is 0.354 e. The van der Waals surface area contributed by atoms with Gasteiger partial charge in [-0.2, -0.15) is 4.98 Å². The van der Waals surface area contributed by atoms with Crippen LogP contribution in [0, 0.1) is 5.82 Å². The van der Waals surface area contributed by atoms with Gasteiger partial charge >= 0.3 is 0 Å². The van der Waals surface area contributed by atoms with Crippen molar-refractivity contribution in [3.8, 4) is 0 Å². The standard InChI is InChI=1S/C9H13ClFN3/c1-4-6(2)14(3)8-7(11)5-12-9(10)13-8/h5-6H,4H2,1-3H3. The highest BCUT2D eigenvalue weighted by Gasteiger charge is 2.14. The zero-order valence-electron chi connectivity index (χ0n) is 8.46. The molecule has 5 heteroatoms. The normalized spacial score (nSPS) is 12.6. The minimum Gasteiger partial charge on any atom is -0.354 e. The molecule has 1 aromatic heterocycles. The fourth-order valence-electron chi connectivity index (χ4n) is 1.07. The first-order valence-corrected chi connectivity index (χ1v) is 4.85. The molecule has 0 aliphatic heterocycles. The highest BCUT2D eigenvalue weighted by molar-refractivity contribution is 6.28. The first-order valence-electron chi connectivity index (χ1n) is 4.47. The smallest absolute Gasteiger partial charge is 0.224 e. The van der Waals surface area contributed by atoms with E-state index in [0.29, 0.717) is 0 Å². The molecule has 0 saturated carbocycles. The van der Waals surface area contributed by atoms with Crippen LogP contribution >= 0.6 is 11.6 Å². The molecular weight excluding hydrogens is 205 g/mol. The second-order valence-corrected chi connectivity index (χ2v) is 3.52. The Labute approximate surface area is 87.9 Å². The van der Waals surface area contributed by atoms with Gasteiger partial charge < -0.3 is 4.90 Å². The number of hydrogen-bond acceptors (Lipinski definition) is 3. The van der Waals surface area contributed by atoms with E-state index in [1.54, 1.807) is 11.9 Å². The first kappa shape index (κ1) is 11.2. The molecule has 1 rings (SSSR count). The van der Waals surface area contributed by atoms with E-state index in [1.165, 1.54) is 0 Å². The third-order valence-corrected chi connectivity index (χ3v) is 2.46. The van der Waals surface area contributed by atoms with Crippen LogP contribution in [0.4, 0.5) is 10.2 Å². The Morgan fingerprint density at radius 1 is 1.64 bits per heavy atom. The van der Waals surface area contributed by atoms with Gasteiger partial charge in [0.1, 0.15) is 0 Å². The Morgan fingerprint density at radius 3 is 2.86 bits per heavy atom. The van der Waals surface area contributed by atoms with Crippen LogP contribution in [0.3, 0.4) is 0 Å². The van der Waals surface area contributed by atoms with Gasteiger partial charge in [0.05, 0.1) is 6.20 Å². The molecule has 1 heterocycles. The van der Waals surface area contributed by atoms with E-state index in [9.17, 15) is 4.39 Å². The summed E-state index contributed by atoms with van der Waals surface area (Å²) >= 11 is 5.59. The Morgan fingerprint density at radius 2 is 2.29 bits per heavy atom. The van der Waals surface area contributed by atoms with Gasteiger partial charge in [-0.25, -0.2) is 9.37 Å². The molecule has 0 saturated heterocycles. The summed E-state index contributed by atoms with van der Waals surface area (Å²) in [6, 6.07) is 0.218. The quantitative estimate of drug-likeness (QED) is 0.729. The lowest BCUT2D eigenvalue weighted by atomic mass is 10.2. The van der Waals surface area contributed by atoms with Crippen molar-refractivity contribution < 1.29 is 4.39 Å². The minimum absolute atomic E-state index is 0.0663. The Bertz CT molecular complexity index is 319. The summed E-state index contributed by atoms with van der Waals surface area (Å²) in [5.74, 6) is -0.198. The molecule has 0 aromatic carbocycles. The number of rotatable bonds is 3. The van der Waals surface area contributed by atoms with E-state index in [0.717, 1.165) is 12.6 Å². The van der Waals surface area contributed by atoms with Gasteiger partial charge in [-0.1, -0.05) is 6.92 Å². The average molecular weight is 218 g/mol. The van der Waals surface area contributed by atoms with Crippen molar-refractivity contribution in [2.75, 3.05) is 11.9 Å². The second kappa shape index (κ2) is 4.55. The topological polar surface area (TPSA) is 29.0 Å². The van der Waals surface area contributed by atoms with E-state index in [2.05, 4.69) is 9.97 Å². The lowest BCUT2D eigenvalue weighted by Crippen LogP contribution is -2.29. The van der Waals surface area contributed by atoms with Crippen LogP contribution in [0.15, 0.2) is 6.20 Å². The van der Waals surface area contributed by atoms with Gasteiger partial charge in [0.25, 0.3) is 0 Å². The molecule has 0 bridgehead atoms. The van der Waals surface area contributed by atoms with Crippen LogP contribution in [0.5, 0.6) is 0 Å². The molecule has 3 nitrogen and oxygen atoms in total. The molecule has 0 amide bonds. The van der Waals surface area contributed by atoms with Crippen molar-refractivity contribution in [2.24, 2.45) is 0 Å². The summed E-state index contributed by atoms with van der Waals surface area (Å²) in [4.78, 5) is 9.16. The number of aromatic nitrogens is 2. The summed E-state index contributed by atoms with van der Waals surface area (Å²) in [7, 11) is 1.79. The molecule has 0 aliphatic carbocycles. The highest BCUT2D eigenvalue weighted by atomic mass is 35.5. The summed E-state index contributed by atoms with van der Waals surface area (Å²) in [5.41, 5.74) is 0. The van der Waals surface area contributed by atoms with Crippen molar-refractivity contribution in [1.29, 1.82) is 0 Å². The summed E-state index contributed by atoms with van der Waals surface area (Å²) in [6.45, 7) is 4.03. The molecular formula is C9H13ClFN3. The lowest BCUT2D eigenvalue weighted by molar-refractivity contribution is 0.584. The molecule has 0 aliphatic rings. The van der Waals surface area contributed by atoms with Crippen LogP contribution in [0.2, 0.25) is 5.28 Å². The molecule has 0 radical (unpaired) electrons. The van der Waals surface area contributed by atoms with E-state index in [4.69, 9.17) is 11.6 Å². The molecule has 1 aromatic rings. The van der Waals surface area contributed by atoms with Crippen molar-refractivity contribution in [2.45, 2.75) is 26.3 Å². The monoisotopic (exact) mass is 217 g/mol. The van der Waals surface area contributed by atoms with Gasteiger partial charge in [-0.3, -0.25) is 0 Å². The maximum Gasteiger partial charge on any atom is 0.224 e. The molecule has 14 heavy (non-hydrogen) atoms. The maximum atomic E-state index is 13.3. The predicted molar refractivity (Wildman–Crippen MR) is 55.2 cm³/mol. The minimum atomic E-state index is -0.447. The van der Waals surface area contributed by atoms with Gasteiger partial charge in [0.2, 0.25) is 5.28 Å². The van der Waals surface area contributed by atoms with Crippen molar-refractivity contribution >= 4 is 17.4 Å². The Balaban J connectivity index is 2.99. The Kier molecular flexibility index (Phi) is 3.63. The maximum absolute atomic E-state index is 13.3. The van der Waals surface area contributed by atoms with Crippen molar-refractivity contribution in [1.82, 2.24) is 9.97 Å². The Hall–Kier alpha value is -0.900. The molecule has 0 fully saturated rings. The second-order valence-electron chi connectivity index (χ2n) is 3.18. The SMILES string of the molecule is CCC(C)N(C)c1nc(Cl)ncc1F. The van der Waals surface area contributed by atoms with Gasteiger partial charge in [-0.15, -0.1) is 0 Å². The highest BCUT2D eigenvalue weighted by Crippen LogP contribution is 2.18. The van der Waals surface area contributed by atoms with E-state index in [-0.39, 0.29) is 17.1 Å². The fourth-order valence-corrected chi connectivity index (χ4v) is 1.20. The third-order valence-electron chi connectivity index (χ3n) is 2.28.